The molecule has 0 aliphatic carbocycles. The number of carboxylic acids is 1. The fourth-order valence-electron chi connectivity index (χ4n) is 1.86. The Morgan fingerprint density at radius 2 is 2.14 bits per heavy atom. The average Bonchev–Trinajstić information content (AvgIpc) is 2.94. The van der Waals surface area contributed by atoms with Crippen LogP contribution in [0.15, 0.2) is 35.7 Å². The number of nitrogens with one attached hydrogen (secondary N) is 1. The van der Waals surface area contributed by atoms with E-state index in [2.05, 4.69) is 5.32 Å². The van der Waals surface area contributed by atoms with Crippen LogP contribution in [0, 0.1) is 12.7 Å². The van der Waals surface area contributed by atoms with Gasteiger partial charge in [-0.3, -0.25) is 9.59 Å². The van der Waals surface area contributed by atoms with E-state index in [9.17, 15) is 14.0 Å². The number of aryl methyl sites for hydroxylation is 1. The summed E-state index contributed by atoms with van der Waals surface area (Å²) in [6.07, 6.45) is -0.222. The zero-order chi connectivity index (χ0) is 15.4. The van der Waals surface area contributed by atoms with Crippen LogP contribution in [0.4, 0.5) is 4.39 Å². The van der Waals surface area contributed by atoms with Gasteiger partial charge in [-0.25, -0.2) is 4.39 Å². The van der Waals surface area contributed by atoms with Gasteiger partial charge in [-0.05, 0) is 36.1 Å². The van der Waals surface area contributed by atoms with Crippen LogP contribution in [-0.2, 0) is 4.79 Å². The van der Waals surface area contributed by atoms with Gasteiger partial charge in [0.1, 0.15) is 5.82 Å². The maximum absolute atomic E-state index is 13.5. The van der Waals surface area contributed by atoms with E-state index in [1.165, 1.54) is 23.5 Å². The molecule has 0 saturated carbocycles. The molecule has 110 valence electrons. The van der Waals surface area contributed by atoms with Gasteiger partial charge in [0.05, 0.1) is 12.5 Å². The first-order valence-electron chi connectivity index (χ1n) is 6.29. The summed E-state index contributed by atoms with van der Waals surface area (Å²) in [5.74, 6) is -1.97. The summed E-state index contributed by atoms with van der Waals surface area (Å²) >= 11 is 1.36. The number of halogens is 1. The van der Waals surface area contributed by atoms with E-state index in [0.29, 0.717) is 5.56 Å². The molecule has 0 radical (unpaired) electrons. The van der Waals surface area contributed by atoms with E-state index in [1.807, 2.05) is 5.38 Å². The van der Waals surface area contributed by atoms with E-state index >= 15 is 0 Å². The van der Waals surface area contributed by atoms with Crippen LogP contribution in [0.3, 0.4) is 0 Å². The van der Waals surface area contributed by atoms with E-state index < -0.39 is 23.7 Å². The molecule has 1 amide bonds. The molecule has 0 bridgehead atoms. The lowest BCUT2D eigenvalue weighted by molar-refractivity contribution is -0.137. The van der Waals surface area contributed by atoms with Gasteiger partial charge >= 0.3 is 5.97 Å². The maximum atomic E-state index is 13.5. The van der Waals surface area contributed by atoms with Crippen molar-refractivity contribution in [3.05, 3.63) is 57.5 Å². The smallest absolute Gasteiger partial charge is 0.305 e. The van der Waals surface area contributed by atoms with Crippen molar-refractivity contribution in [2.75, 3.05) is 0 Å². The molecule has 6 heteroatoms. The number of thiophene rings is 1. The molecular weight excluding hydrogens is 293 g/mol. The summed E-state index contributed by atoms with van der Waals surface area (Å²) in [4.78, 5) is 23.8. The van der Waals surface area contributed by atoms with Crippen LogP contribution < -0.4 is 5.32 Å². The fourth-order valence-corrected chi connectivity index (χ4v) is 2.64. The molecule has 4 nitrogen and oxygen atoms in total. The number of benzene rings is 1. The molecule has 1 heterocycles. The first-order chi connectivity index (χ1) is 9.97. The number of hydrogen-bond acceptors (Lipinski definition) is 3. The highest BCUT2D eigenvalue weighted by molar-refractivity contribution is 7.10. The molecule has 2 aromatic rings. The third-order valence-electron chi connectivity index (χ3n) is 3.00. The largest absolute Gasteiger partial charge is 0.481 e. The highest BCUT2D eigenvalue weighted by Crippen LogP contribution is 2.22. The van der Waals surface area contributed by atoms with Gasteiger partial charge in [-0.15, -0.1) is 11.3 Å². The van der Waals surface area contributed by atoms with Crippen LogP contribution in [0.2, 0.25) is 0 Å². The van der Waals surface area contributed by atoms with Crippen molar-refractivity contribution in [1.82, 2.24) is 5.32 Å². The number of carbonyl (C=O) groups excluding carboxylic acids is 1. The molecule has 1 unspecified atom stereocenters. The van der Waals surface area contributed by atoms with Gasteiger partial charge in [0.25, 0.3) is 5.91 Å². The lowest BCUT2D eigenvalue weighted by atomic mass is 10.1. The monoisotopic (exact) mass is 307 g/mol. The molecular formula is C15H14FNO3S. The van der Waals surface area contributed by atoms with Crippen LogP contribution in [0.5, 0.6) is 0 Å². The molecule has 0 aliphatic heterocycles. The van der Waals surface area contributed by atoms with E-state index in [0.717, 1.165) is 10.9 Å². The lowest BCUT2D eigenvalue weighted by Crippen LogP contribution is -2.29. The van der Waals surface area contributed by atoms with Crippen LogP contribution in [0.25, 0.3) is 0 Å². The molecule has 0 aliphatic rings. The van der Waals surface area contributed by atoms with Crippen molar-refractivity contribution in [3.8, 4) is 0 Å². The van der Waals surface area contributed by atoms with Gasteiger partial charge in [-0.1, -0.05) is 12.1 Å². The second-order valence-corrected chi connectivity index (χ2v) is 5.58. The van der Waals surface area contributed by atoms with Crippen LogP contribution >= 0.6 is 11.3 Å². The number of amides is 1. The zero-order valence-corrected chi connectivity index (χ0v) is 12.1. The second-order valence-electron chi connectivity index (χ2n) is 4.60. The summed E-state index contributed by atoms with van der Waals surface area (Å²) in [5.41, 5.74) is 0.622. The summed E-state index contributed by atoms with van der Waals surface area (Å²) in [6.45, 7) is 1.61. The third-order valence-corrected chi connectivity index (χ3v) is 3.99. The van der Waals surface area contributed by atoms with Gasteiger partial charge in [0.15, 0.2) is 0 Å². The molecule has 0 spiro atoms. The summed E-state index contributed by atoms with van der Waals surface area (Å²) in [6, 6.07) is 7.10. The number of hydrogen-bond donors (Lipinski definition) is 2. The van der Waals surface area contributed by atoms with Crippen molar-refractivity contribution in [3.63, 3.8) is 0 Å². The van der Waals surface area contributed by atoms with Crippen molar-refractivity contribution < 1.29 is 19.1 Å². The number of carbonyl (C=O) groups is 2. The van der Waals surface area contributed by atoms with Crippen molar-refractivity contribution in [1.29, 1.82) is 0 Å². The Labute approximate surface area is 125 Å². The SMILES string of the molecule is Cc1ccc(C(=O)NC(CC(=O)O)c2cccs2)cc1F. The minimum atomic E-state index is -1.01. The molecule has 1 aromatic carbocycles. The van der Waals surface area contributed by atoms with Gasteiger partial charge < -0.3 is 10.4 Å². The quantitative estimate of drug-likeness (QED) is 0.892. The van der Waals surface area contributed by atoms with Gasteiger partial charge in [-0.2, -0.15) is 0 Å². The molecule has 0 fully saturated rings. The van der Waals surface area contributed by atoms with Gasteiger partial charge in [0.2, 0.25) is 0 Å². The molecule has 2 N–H and O–H groups in total. The predicted molar refractivity (Wildman–Crippen MR) is 77.9 cm³/mol. The first-order valence-corrected chi connectivity index (χ1v) is 7.17. The topological polar surface area (TPSA) is 66.4 Å². The Balaban J connectivity index is 2.17. The minimum absolute atomic E-state index is 0.171. The highest BCUT2D eigenvalue weighted by Gasteiger charge is 2.20. The standard InChI is InChI=1S/C15H14FNO3S/c1-9-4-5-10(7-11(9)16)15(20)17-12(8-14(18)19)13-3-2-6-21-13/h2-7,12H,8H2,1H3,(H,17,20)(H,18,19). The summed E-state index contributed by atoms with van der Waals surface area (Å²) in [5, 5.41) is 13.4. The van der Waals surface area contributed by atoms with E-state index in [1.54, 1.807) is 19.1 Å². The third kappa shape index (κ3) is 3.88. The van der Waals surface area contributed by atoms with Gasteiger partial charge in [0, 0.05) is 10.4 Å². The normalized spacial score (nSPS) is 11.9. The molecule has 1 aromatic heterocycles. The van der Waals surface area contributed by atoms with Crippen LogP contribution in [0.1, 0.15) is 33.3 Å². The lowest BCUT2D eigenvalue weighted by Gasteiger charge is -2.15. The summed E-state index contributed by atoms with van der Waals surface area (Å²) < 4.78 is 13.5. The number of rotatable bonds is 5. The number of carboxylic acid groups (broad SMARTS) is 1. The highest BCUT2D eigenvalue weighted by atomic mass is 32.1. The Morgan fingerprint density at radius 3 is 2.71 bits per heavy atom. The van der Waals surface area contributed by atoms with Crippen molar-refractivity contribution in [2.45, 2.75) is 19.4 Å². The second kappa shape index (κ2) is 6.49. The zero-order valence-electron chi connectivity index (χ0n) is 11.3. The first kappa shape index (κ1) is 15.2. The molecule has 2 rings (SSSR count). The van der Waals surface area contributed by atoms with Crippen molar-refractivity contribution >= 4 is 23.2 Å². The Kier molecular flexibility index (Phi) is 4.70. The Bertz CT molecular complexity index is 655. The fraction of sp³-hybridized carbons (Fsp3) is 0.200. The van der Waals surface area contributed by atoms with Crippen molar-refractivity contribution in [2.24, 2.45) is 0 Å². The Morgan fingerprint density at radius 1 is 1.38 bits per heavy atom. The average molecular weight is 307 g/mol. The van der Waals surface area contributed by atoms with E-state index in [-0.39, 0.29) is 12.0 Å². The molecule has 21 heavy (non-hydrogen) atoms. The predicted octanol–water partition coefficient (Wildman–Crippen LogP) is 3.14. The molecule has 1 atom stereocenters. The number of aliphatic carboxylic acids is 1. The maximum Gasteiger partial charge on any atom is 0.305 e. The Hall–Kier alpha value is -2.21. The molecule has 0 saturated heterocycles. The minimum Gasteiger partial charge on any atom is -0.481 e. The van der Waals surface area contributed by atoms with E-state index in [4.69, 9.17) is 5.11 Å². The summed E-state index contributed by atoms with van der Waals surface area (Å²) in [7, 11) is 0. The van der Waals surface area contributed by atoms with Crippen LogP contribution in [-0.4, -0.2) is 17.0 Å².